The molecule has 1 saturated heterocycles. The maximum absolute atomic E-state index is 12.4. The van der Waals surface area contributed by atoms with Crippen LogP contribution in [0.1, 0.15) is 20.7 Å². The highest BCUT2D eigenvalue weighted by Crippen LogP contribution is 2.31. The molecule has 5 unspecified atom stereocenters. The Morgan fingerprint density at radius 2 is 1.55 bits per heavy atom. The number of hydrogen-bond donors (Lipinski definition) is 4. The number of aliphatic hydroxyl groups excluding tert-OH is 4. The Balaban J connectivity index is 1.95. The lowest BCUT2D eigenvalue weighted by Crippen LogP contribution is -2.65. The van der Waals surface area contributed by atoms with Gasteiger partial charge < -0.3 is 25.2 Å². The molecule has 0 radical (unpaired) electrons. The van der Waals surface area contributed by atoms with E-state index in [0.717, 1.165) is 0 Å². The first-order valence-corrected chi connectivity index (χ1v) is 6.74. The molecule has 0 aromatic heterocycles. The lowest BCUT2D eigenvalue weighted by Gasteiger charge is -2.42. The van der Waals surface area contributed by atoms with E-state index in [2.05, 4.69) is 0 Å². The topological polar surface area (TPSA) is 128 Å². The number of ether oxygens (including phenoxy) is 1. The van der Waals surface area contributed by atoms with E-state index in [0.29, 0.717) is 4.90 Å². The third kappa shape index (κ3) is 2.04. The second kappa shape index (κ2) is 5.41. The molecule has 4 N–H and O–H groups in total. The molecule has 2 aliphatic rings. The van der Waals surface area contributed by atoms with Crippen molar-refractivity contribution in [2.45, 2.75) is 30.6 Å². The predicted molar refractivity (Wildman–Crippen MR) is 70.7 cm³/mol. The standard InChI is InChI=1S/C14H15NO7/c16-5-8-10(17)11(18)9(14(21)22-8)15-12(19)6-3-1-2-4-7(6)13(15)20/h1-4,8-11,14,16-18,21H,5H2. The number of aliphatic hydroxyl groups is 4. The van der Waals surface area contributed by atoms with Crippen molar-refractivity contribution in [3.05, 3.63) is 35.4 Å². The van der Waals surface area contributed by atoms with Crippen LogP contribution in [0.15, 0.2) is 24.3 Å². The third-order valence-electron chi connectivity index (χ3n) is 3.99. The Morgan fingerprint density at radius 3 is 2.05 bits per heavy atom. The molecule has 2 heterocycles. The van der Waals surface area contributed by atoms with Gasteiger partial charge in [0, 0.05) is 0 Å². The van der Waals surface area contributed by atoms with Crippen LogP contribution in [0, 0.1) is 0 Å². The van der Waals surface area contributed by atoms with Crippen molar-refractivity contribution in [1.29, 1.82) is 0 Å². The molecule has 1 fully saturated rings. The lowest BCUT2D eigenvalue weighted by molar-refractivity contribution is -0.263. The quantitative estimate of drug-likeness (QED) is 0.469. The molecule has 2 aliphatic heterocycles. The van der Waals surface area contributed by atoms with Gasteiger partial charge in [-0.15, -0.1) is 0 Å². The van der Waals surface area contributed by atoms with E-state index < -0.39 is 49.1 Å². The Labute approximate surface area is 125 Å². The highest BCUT2D eigenvalue weighted by Gasteiger charge is 2.52. The molecule has 2 amide bonds. The van der Waals surface area contributed by atoms with Gasteiger partial charge in [0.25, 0.3) is 11.8 Å². The molecule has 3 rings (SSSR count). The van der Waals surface area contributed by atoms with E-state index in [1.807, 2.05) is 0 Å². The fourth-order valence-corrected chi connectivity index (χ4v) is 2.84. The predicted octanol–water partition coefficient (Wildman–Crippen LogP) is -1.92. The van der Waals surface area contributed by atoms with Gasteiger partial charge in [-0.1, -0.05) is 12.1 Å². The van der Waals surface area contributed by atoms with Crippen LogP contribution in [-0.4, -0.2) is 74.4 Å². The average Bonchev–Trinajstić information content (AvgIpc) is 2.77. The Hall–Kier alpha value is -1.84. The summed E-state index contributed by atoms with van der Waals surface area (Å²) in [5.74, 6) is -1.36. The van der Waals surface area contributed by atoms with Crippen molar-refractivity contribution in [3.63, 3.8) is 0 Å². The molecular formula is C14H15NO7. The average molecular weight is 309 g/mol. The van der Waals surface area contributed by atoms with Crippen LogP contribution in [0.3, 0.4) is 0 Å². The number of rotatable bonds is 2. The molecule has 0 aliphatic carbocycles. The molecule has 1 aromatic rings. The second-order valence-electron chi connectivity index (χ2n) is 5.25. The molecule has 0 bridgehead atoms. The van der Waals surface area contributed by atoms with Crippen LogP contribution < -0.4 is 0 Å². The first kappa shape index (κ1) is 15.1. The summed E-state index contributed by atoms with van der Waals surface area (Å²) in [7, 11) is 0. The zero-order chi connectivity index (χ0) is 16.0. The molecule has 22 heavy (non-hydrogen) atoms. The van der Waals surface area contributed by atoms with Crippen LogP contribution >= 0.6 is 0 Å². The molecule has 5 atom stereocenters. The van der Waals surface area contributed by atoms with Gasteiger partial charge in [0.1, 0.15) is 24.4 Å². The van der Waals surface area contributed by atoms with E-state index in [-0.39, 0.29) is 11.1 Å². The Morgan fingerprint density at radius 1 is 1.00 bits per heavy atom. The van der Waals surface area contributed by atoms with Crippen LogP contribution in [0.4, 0.5) is 0 Å². The second-order valence-corrected chi connectivity index (χ2v) is 5.25. The number of carbonyl (C=O) groups excluding carboxylic acids is 2. The number of fused-ring (bicyclic) bond motifs is 1. The Kier molecular flexibility index (Phi) is 3.71. The SMILES string of the molecule is O=C1c2ccccc2C(=O)N1C1C(O)OC(CO)C(O)C1O. The summed E-state index contributed by atoms with van der Waals surface area (Å²) in [5, 5.41) is 39.0. The van der Waals surface area contributed by atoms with Crippen molar-refractivity contribution in [3.8, 4) is 0 Å². The van der Waals surface area contributed by atoms with Crippen molar-refractivity contribution in [1.82, 2.24) is 4.90 Å². The molecular weight excluding hydrogens is 294 g/mol. The highest BCUT2D eigenvalue weighted by molar-refractivity contribution is 6.21. The Bertz CT molecular complexity index is 584. The number of hydrogen-bond acceptors (Lipinski definition) is 7. The summed E-state index contributed by atoms with van der Waals surface area (Å²) >= 11 is 0. The van der Waals surface area contributed by atoms with Gasteiger partial charge in [-0.3, -0.25) is 14.5 Å². The van der Waals surface area contributed by atoms with Gasteiger partial charge in [0.2, 0.25) is 0 Å². The van der Waals surface area contributed by atoms with Gasteiger partial charge in [0.05, 0.1) is 17.7 Å². The number of amides is 2. The first-order valence-electron chi connectivity index (χ1n) is 6.74. The van der Waals surface area contributed by atoms with E-state index in [4.69, 9.17) is 9.84 Å². The van der Waals surface area contributed by atoms with Crippen LogP contribution in [0.25, 0.3) is 0 Å². The molecule has 0 spiro atoms. The van der Waals surface area contributed by atoms with Crippen molar-refractivity contribution in [2.24, 2.45) is 0 Å². The van der Waals surface area contributed by atoms with Crippen LogP contribution in [0.2, 0.25) is 0 Å². The van der Waals surface area contributed by atoms with Gasteiger partial charge in [0.15, 0.2) is 6.29 Å². The minimum Gasteiger partial charge on any atom is -0.394 e. The maximum Gasteiger partial charge on any atom is 0.262 e. The molecule has 1 aromatic carbocycles. The van der Waals surface area contributed by atoms with Gasteiger partial charge in [-0.2, -0.15) is 0 Å². The fourth-order valence-electron chi connectivity index (χ4n) is 2.84. The largest absolute Gasteiger partial charge is 0.394 e. The summed E-state index contributed by atoms with van der Waals surface area (Å²) in [5.41, 5.74) is 0.316. The van der Waals surface area contributed by atoms with Gasteiger partial charge in [-0.25, -0.2) is 0 Å². The highest BCUT2D eigenvalue weighted by atomic mass is 16.6. The maximum atomic E-state index is 12.4. The smallest absolute Gasteiger partial charge is 0.262 e. The number of imide groups is 1. The summed E-state index contributed by atoms with van der Waals surface area (Å²) in [6, 6.07) is 4.66. The zero-order valence-corrected chi connectivity index (χ0v) is 11.4. The van der Waals surface area contributed by atoms with E-state index >= 15 is 0 Å². The number of benzene rings is 1. The van der Waals surface area contributed by atoms with Crippen LogP contribution in [0.5, 0.6) is 0 Å². The minimum absolute atomic E-state index is 0.158. The molecule has 8 heteroatoms. The summed E-state index contributed by atoms with van der Waals surface area (Å²) in [6.07, 6.45) is -6.08. The molecule has 0 saturated carbocycles. The molecule has 118 valence electrons. The lowest BCUT2D eigenvalue weighted by atomic mass is 9.96. The van der Waals surface area contributed by atoms with Crippen LogP contribution in [-0.2, 0) is 4.74 Å². The monoisotopic (exact) mass is 309 g/mol. The minimum atomic E-state index is -1.71. The van der Waals surface area contributed by atoms with E-state index in [1.54, 1.807) is 12.1 Å². The summed E-state index contributed by atoms with van der Waals surface area (Å²) in [6.45, 7) is -0.621. The summed E-state index contributed by atoms with van der Waals surface area (Å²) < 4.78 is 4.99. The van der Waals surface area contributed by atoms with Crippen molar-refractivity contribution in [2.75, 3.05) is 6.61 Å². The fraction of sp³-hybridized carbons (Fsp3) is 0.429. The summed E-state index contributed by atoms with van der Waals surface area (Å²) in [4.78, 5) is 25.4. The van der Waals surface area contributed by atoms with Crippen molar-refractivity contribution >= 4 is 11.8 Å². The zero-order valence-electron chi connectivity index (χ0n) is 11.4. The third-order valence-corrected chi connectivity index (χ3v) is 3.99. The van der Waals surface area contributed by atoms with Gasteiger partial charge in [-0.05, 0) is 12.1 Å². The number of carbonyl (C=O) groups is 2. The molecule has 8 nitrogen and oxygen atoms in total. The number of nitrogens with zero attached hydrogens (tertiary/aromatic N) is 1. The van der Waals surface area contributed by atoms with Crippen molar-refractivity contribution < 1.29 is 34.8 Å². The van der Waals surface area contributed by atoms with Gasteiger partial charge >= 0.3 is 0 Å². The van der Waals surface area contributed by atoms with E-state index in [1.165, 1.54) is 12.1 Å². The first-order chi connectivity index (χ1) is 10.5. The normalized spacial score (nSPS) is 34.9. The van der Waals surface area contributed by atoms with E-state index in [9.17, 15) is 24.9 Å².